The monoisotopic (exact) mass is 317 g/mol. The second-order valence-corrected chi connectivity index (χ2v) is 4.93. The minimum Gasteiger partial charge on any atom is -0.452 e. The zero-order valence-electron chi connectivity index (χ0n) is 13.1. The Morgan fingerprint density at radius 1 is 1.26 bits per heavy atom. The summed E-state index contributed by atoms with van der Waals surface area (Å²) in [5.41, 5.74) is 0.776. The van der Waals surface area contributed by atoms with E-state index < -0.39 is 5.97 Å². The van der Waals surface area contributed by atoms with Gasteiger partial charge >= 0.3 is 5.97 Å². The first kappa shape index (κ1) is 16.6. The molecule has 1 N–H and O–H groups in total. The van der Waals surface area contributed by atoms with Gasteiger partial charge in [-0.25, -0.2) is 4.79 Å². The van der Waals surface area contributed by atoms with Gasteiger partial charge in [-0.15, -0.1) is 5.10 Å². The number of aromatic nitrogens is 4. The lowest BCUT2D eigenvalue weighted by molar-refractivity contribution is -0.125. The number of tetrazole rings is 1. The van der Waals surface area contributed by atoms with E-state index >= 15 is 0 Å². The molecule has 1 amide bonds. The molecule has 1 aromatic heterocycles. The molecule has 2 rings (SSSR count). The molecule has 0 unspecified atom stereocenters. The third kappa shape index (κ3) is 4.35. The van der Waals surface area contributed by atoms with E-state index in [0.29, 0.717) is 5.69 Å². The number of benzene rings is 1. The molecular formula is C15H19N5O3. The van der Waals surface area contributed by atoms with Crippen LogP contribution in [0.4, 0.5) is 0 Å². The maximum atomic E-state index is 12.2. The van der Waals surface area contributed by atoms with Crippen molar-refractivity contribution in [2.45, 2.75) is 32.7 Å². The number of hydrogen-bond donors (Lipinski definition) is 1. The molecule has 0 aliphatic heterocycles. The van der Waals surface area contributed by atoms with Gasteiger partial charge in [0.25, 0.3) is 5.91 Å². The highest BCUT2D eigenvalue weighted by Crippen LogP contribution is 2.13. The minimum absolute atomic E-state index is 0.0923. The van der Waals surface area contributed by atoms with Crippen molar-refractivity contribution in [3.05, 3.63) is 36.2 Å². The largest absolute Gasteiger partial charge is 0.452 e. The van der Waals surface area contributed by atoms with Gasteiger partial charge in [-0.05, 0) is 35.4 Å². The molecule has 8 nitrogen and oxygen atoms in total. The van der Waals surface area contributed by atoms with E-state index in [2.05, 4.69) is 20.8 Å². The van der Waals surface area contributed by atoms with Gasteiger partial charge in [-0.1, -0.05) is 26.0 Å². The Kier molecular flexibility index (Phi) is 5.79. The Bertz CT molecular complexity index is 653. The summed E-state index contributed by atoms with van der Waals surface area (Å²) in [6.45, 7) is 3.66. The molecule has 0 saturated heterocycles. The molecule has 0 spiro atoms. The van der Waals surface area contributed by atoms with Gasteiger partial charge in [0.2, 0.25) is 0 Å². The number of hydrogen-bond acceptors (Lipinski definition) is 6. The summed E-state index contributed by atoms with van der Waals surface area (Å²) in [6.07, 6.45) is 3.04. The van der Waals surface area contributed by atoms with Crippen LogP contribution in [0.3, 0.4) is 0 Å². The molecule has 2 aromatic rings. The van der Waals surface area contributed by atoms with Gasteiger partial charge in [-0.3, -0.25) is 4.79 Å². The van der Waals surface area contributed by atoms with Crippen LogP contribution in [-0.2, 0) is 9.53 Å². The highest BCUT2D eigenvalue weighted by atomic mass is 16.5. The van der Waals surface area contributed by atoms with Gasteiger partial charge in [0.15, 0.2) is 6.61 Å². The van der Waals surface area contributed by atoms with Crippen LogP contribution < -0.4 is 5.32 Å². The molecule has 1 heterocycles. The van der Waals surface area contributed by atoms with Crippen molar-refractivity contribution in [2.24, 2.45) is 0 Å². The summed E-state index contributed by atoms with van der Waals surface area (Å²) in [5, 5.41) is 13.6. The third-order valence-electron chi connectivity index (χ3n) is 3.40. The Labute approximate surface area is 133 Å². The third-order valence-corrected chi connectivity index (χ3v) is 3.40. The molecule has 8 heteroatoms. The van der Waals surface area contributed by atoms with E-state index in [1.54, 1.807) is 24.3 Å². The molecule has 0 saturated carbocycles. The lowest BCUT2D eigenvalue weighted by Crippen LogP contribution is -2.36. The number of para-hydroxylation sites is 1. The van der Waals surface area contributed by atoms with Crippen molar-refractivity contribution in [1.82, 2.24) is 25.5 Å². The number of nitrogens with zero attached hydrogens (tertiary/aromatic N) is 4. The average Bonchev–Trinajstić information content (AvgIpc) is 3.12. The summed E-state index contributed by atoms with van der Waals surface area (Å²) in [4.78, 5) is 24.0. The number of esters is 1. The summed E-state index contributed by atoms with van der Waals surface area (Å²) >= 11 is 0. The van der Waals surface area contributed by atoms with Gasteiger partial charge in [0, 0.05) is 6.04 Å². The van der Waals surface area contributed by atoms with Crippen LogP contribution in [0.25, 0.3) is 5.69 Å². The fourth-order valence-electron chi connectivity index (χ4n) is 2.09. The second kappa shape index (κ2) is 8.02. The molecule has 0 bridgehead atoms. The highest BCUT2D eigenvalue weighted by Gasteiger charge is 2.16. The fraction of sp³-hybridized carbons (Fsp3) is 0.400. The van der Waals surface area contributed by atoms with Gasteiger partial charge in [0.05, 0.1) is 11.3 Å². The molecular weight excluding hydrogens is 298 g/mol. The number of nitrogens with one attached hydrogen (secondary N) is 1. The zero-order chi connectivity index (χ0) is 16.7. The molecule has 1 aromatic carbocycles. The minimum atomic E-state index is -0.601. The van der Waals surface area contributed by atoms with Crippen LogP contribution in [0.1, 0.15) is 37.0 Å². The first-order valence-electron chi connectivity index (χ1n) is 7.44. The Morgan fingerprint density at radius 3 is 2.65 bits per heavy atom. The summed E-state index contributed by atoms with van der Waals surface area (Å²) in [6, 6.07) is 6.84. The van der Waals surface area contributed by atoms with E-state index in [0.717, 1.165) is 12.8 Å². The first-order chi connectivity index (χ1) is 11.2. The molecule has 0 fully saturated rings. The summed E-state index contributed by atoms with van der Waals surface area (Å²) < 4.78 is 6.45. The summed E-state index contributed by atoms with van der Waals surface area (Å²) in [7, 11) is 0. The van der Waals surface area contributed by atoms with Crippen molar-refractivity contribution in [2.75, 3.05) is 6.61 Å². The lowest BCUT2D eigenvalue weighted by Gasteiger charge is -2.14. The first-order valence-corrected chi connectivity index (χ1v) is 7.44. The number of rotatable bonds is 7. The SMILES string of the molecule is CCC(CC)NC(=O)COC(=O)c1ccccc1-n1cnnn1. The number of carbonyl (C=O) groups excluding carboxylic acids is 2. The molecule has 0 aliphatic carbocycles. The van der Waals surface area contributed by atoms with Crippen LogP contribution in [-0.4, -0.2) is 44.7 Å². The van der Waals surface area contributed by atoms with E-state index in [1.165, 1.54) is 11.0 Å². The highest BCUT2D eigenvalue weighted by molar-refractivity contribution is 5.94. The number of ether oxygens (including phenoxy) is 1. The van der Waals surface area contributed by atoms with Crippen LogP contribution in [0.5, 0.6) is 0 Å². The quantitative estimate of drug-likeness (QED) is 0.768. The van der Waals surface area contributed by atoms with Crippen LogP contribution in [0.15, 0.2) is 30.6 Å². The predicted molar refractivity (Wildman–Crippen MR) is 81.9 cm³/mol. The maximum Gasteiger partial charge on any atom is 0.340 e. The molecule has 23 heavy (non-hydrogen) atoms. The molecule has 0 radical (unpaired) electrons. The fourth-order valence-corrected chi connectivity index (χ4v) is 2.09. The Balaban J connectivity index is 2.01. The number of carbonyl (C=O) groups is 2. The second-order valence-electron chi connectivity index (χ2n) is 4.93. The average molecular weight is 317 g/mol. The smallest absolute Gasteiger partial charge is 0.340 e. The lowest BCUT2D eigenvalue weighted by atomic mass is 10.2. The normalized spacial score (nSPS) is 10.6. The van der Waals surface area contributed by atoms with Crippen molar-refractivity contribution < 1.29 is 14.3 Å². The zero-order valence-corrected chi connectivity index (χ0v) is 13.1. The van der Waals surface area contributed by atoms with E-state index in [-0.39, 0.29) is 24.1 Å². The molecule has 0 aliphatic rings. The van der Waals surface area contributed by atoms with Gasteiger partial charge in [0.1, 0.15) is 6.33 Å². The van der Waals surface area contributed by atoms with Gasteiger partial charge < -0.3 is 10.1 Å². The number of amides is 1. The molecule has 122 valence electrons. The Morgan fingerprint density at radius 2 is 2.00 bits per heavy atom. The van der Waals surface area contributed by atoms with E-state index in [1.807, 2.05) is 13.8 Å². The van der Waals surface area contributed by atoms with Crippen molar-refractivity contribution in [3.8, 4) is 5.69 Å². The standard InChI is InChI=1S/C15H19N5O3/c1-3-11(4-2)17-14(21)9-23-15(22)12-7-5-6-8-13(12)20-10-16-18-19-20/h5-8,10-11H,3-4,9H2,1-2H3,(H,17,21). The van der Waals surface area contributed by atoms with E-state index in [4.69, 9.17) is 4.74 Å². The van der Waals surface area contributed by atoms with Crippen molar-refractivity contribution in [1.29, 1.82) is 0 Å². The van der Waals surface area contributed by atoms with Crippen LogP contribution in [0.2, 0.25) is 0 Å². The molecule has 0 atom stereocenters. The van der Waals surface area contributed by atoms with E-state index in [9.17, 15) is 9.59 Å². The Hall–Kier alpha value is -2.77. The van der Waals surface area contributed by atoms with Gasteiger partial charge in [-0.2, -0.15) is 4.68 Å². The maximum absolute atomic E-state index is 12.2. The van der Waals surface area contributed by atoms with Crippen molar-refractivity contribution in [3.63, 3.8) is 0 Å². The van der Waals surface area contributed by atoms with Crippen LogP contribution in [0, 0.1) is 0 Å². The topological polar surface area (TPSA) is 99.0 Å². The van der Waals surface area contributed by atoms with Crippen molar-refractivity contribution >= 4 is 11.9 Å². The van der Waals surface area contributed by atoms with Crippen LogP contribution >= 0.6 is 0 Å². The predicted octanol–water partition coefficient (Wildman–Crippen LogP) is 1.12. The summed E-state index contributed by atoms with van der Waals surface area (Å²) in [5.74, 6) is -0.914.